The number of hydrogen-bond acceptors (Lipinski definition) is 5. The van der Waals surface area contributed by atoms with Gasteiger partial charge in [-0.3, -0.25) is 9.78 Å². The number of carbonyl (C=O) groups is 1. The van der Waals surface area contributed by atoms with Gasteiger partial charge in [0.1, 0.15) is 17.1 Å². The maximum Gasteiger partial charge on any atom is 0.303 e. The summed E-state index contributed by atoms with van der Waals surface area (Å²) in [5.74, 6) is -0.300. The van der Waals surface area contributed by atoms with E-state index in [0.717, 1.165) is 30.6 Å². The molecule has 3 rings (SSSR count). The van der Waals surface area contributed by atoms with Crippen molar-refractivity contribution in [3.8, 4) is 0 Å². The van der Waals surface area contributed by atoms with E-state index in [-0.39, 0.29) is 12.6 Å². The number of benzene rings is 1. The molecule has 19 heavy (non-hydrogen) atoms. The van der Waals surface area contributed by atoms with Gasteiger partial charge in [-0.25, -0.2) is 4.98 Å². The molecule has 0 aliphatic heterocycles. The molecule has 0 amide bonds. The third kappa shape index (κ3) is 2.46. The first-order valence-corrected chi connectivity index (χ1v) is 7.21. The Kier molecular flexibility index (Phi) is 3.20. The van der Waals surface area contributed by atoms with Crippen molar-refractivity contribution < 1.29 is 9.53 Å². The molecule has 1 aromatic carbocycles. The summed E-state index contributed by atoms with van der Waals surface area (Å²) < 4.78 is 7.04. The average Bonchev–Trinajstić information content (AvgIpc) is 2.79. The van der Waals surface area contributed by atoms with E-state index in [2.05, 4.69) is 25.9 Å². The fourth-order valence-electron chi connectivity index (χ4n) is 1.82. The molecular formula is C13H9BrN2O2S. The molecule has 0 fully saturated rings. The number of hydrogen-bond donors (Lipinski definition) is 0. The maximum atomic E-state index is 10.8. The number of carbonyl (C=O) groups excluding carboxylic acids is 1. The van der Waals surface area contributed by atoms with Crippen molar-refractivity contribution in [3.05, 3.63) is 33.9 Å². The highest BCUT2D eigenvalue weighted by atomic mass is 79.9. The molecule has 4 nitrogen and oxygen atoms in total. The van der Waals surface area contributed by atoms with Crippen LogP contribution >= 0.6 is 27.3 Å². The van der Waals surface area contributed by atoms with Gasteiger partial charge in [-0.05, 0) is 12.1 Å². The molecule has 0 aliphatic carbocycles. The molecule has 6 heteroatoms. The summed E-state index contributed by atoms with van der Waals surface area (Å²) in [5, 5.41) is 1.84. The van der Waals surface area contributed by atoms with Gasteiger partial charge in [-0.1, -0.05) is 22.0 Å². The minimum absolute atomic E-state index is 0.215. The summed E-state index contributed by atoms with van der Waals surface area (Å²) in [6, 6.07) is 5.97. The Bertz CT molecular complexity index is 785. The largest absolute Gasteiger partial charge is 0.458 e. The normalized spacial score (nSPS) is 11.1. The number of thiazole rings is 1. The Hall–Kier alpha value is -1.53. The highest BCUT2D eigenvalue weighted by Gasteiger charge is 2.09. The second kappa shape index (κ2) is 4.86. The van der Waals surface area contributed by atoms with Gasteiger partial charge in [0.25, 0.3) is 0 Å². The predicted octanol–water partition coefficient (Wildman–Crippen LogP) is 3.67. The lowest BCUT2D eigenvalue weighted by molar-refractivity contribution is -0.142. The Morgan fingerprint density at radius 3 is 3.05 bits per heavy atom. The molecule has 0 saturated heterocycles. The van der Waals surface area contributed by atoms with E-state index in [1.165, 1.54) is 18.3 Å². The third-order valence-electron chi connectivity index (χ3n) is 2.63. The van der Waals surface area contributed by atoms with E-state index in [1.54, 1.807) is 6.20 Å². The summed E-state index contributed by atoms with van der Waals surface area (Å²) >= 11 is 4.96. The van der Waals surface area contributed by atoms with Crippen LogP contribution in [0.4, 0.5) is 0 Å². The Morgan fingerprint density at radius 2 is 2.26 bits per heavy atom. The summed E-state index contributed by atoms with van der Waals surface area (Å²) in [4.78, 5) is 19.6. The first kappa shape index (κ1) is 12.5. The number of ether oxygens (including phenoxy) is 1. The maximum absolute atomic E-state index is 10.8. The van der Waals surface area contributed by atoms with Crippen LogP contribution in [0, 0.1) is 0 Å². The van der Waals surface area contributed by atoms with Gasteiger partial charge in [-0.2, -0.15) is 0 Å². The minimum atomic E-state index is -0.300. The van der Waals surface area contributed by atoms with Crippen molar-refractivity contribution in [2.75, 3.05) is 0 Å². The topological polar surface area (TPSA) is 52.1 Å². The van der Waals surface area contributed by atoms with Crippen LogP contribution in [0.3, 0.4) is 0 Å². The van der Waals surface area contributed by atoms with E-state index in [1.807, 2.05) is 18.2 Å². The number of esters is 1. The minimum Gasteiger partial charge on any atom is -0.458 e. The molecule has 0 atom stereocenters. The summed E-state index contributed by atoms with van der Waals surface area (Å²) in [6.45, 7) is 1.61. The van der Waals surface area contributed by atoms with Gasteiger partial charge in [0.05, 0.1) is 16.4 Å². The van der Waals surface area contributed by atoms with Crippen molar-refractivity contribution in [3.63, 3.8) is 0 Å². The third-order valence-corrected chi connectivity index (χ3v) is 4.20. The molecule has 0 saturated carbocycles. The molecule has 2 heterocycles. The second-order valence-corrected chi connectivity index (χ2v) is 6.02. The van der Waals surface area contributed by atoms with Crippen LogP contribution < -0.4 is 0 Å². The lowest BCUT2D eigenvalue weighted by Crippen LogP contribution is -1.97. The summed E-state index contributed by atoms with van der Waals surface area (Å²) in [5.41, 5.74) is 1.76. The van der Waals surface area contributed by atoms with Gasteiger partial charge < -0.3 is 4.74 Å². The van der Waals surface area contributed by atoms with Crippen molar-refractivity contribution >= 4 is 54.4 Å². The van der Waals surface area contributed by atoms with E-state index in [0.29, 0.717) is 0 Å². The van der Waals surface area contributed by atoms with Gasteiger partial charge in [0.15, 0.2) is 0 Å². The Morgan fingerprint density at radius 1 is 1.42 bits per heavy atom. The fourth-order valence-corrected chi connectivity index (χ4v) is 3.15. The van der Waals surface area contributed by atoms with Crippen molar-refractivity contribution in [2.45, 2.75) is 13.5 Å². The van der Waals surface area contributed by atoms with Gasteiger partial charge in [0, 0.05) is 16.8 Å². The molecule has 0 aliphatic rings. The molecular weight excluding hydrogens is 328 g/mol. The van der Waals surface area contributed by atoms with Crippen LogP contribution in [0.15, 0.2) is 28.9 Å². The first-order chi connectivity index (χ1) is 9.13. The quantitative estimate of drug-likeness (QED) is 0.670. The van der Waals surface area contributed by atoms with Crippen LogP contribution in [-0.2, 0) is 16.1 Å². The molecule has 0 N–H and O–H groups in total. The van der Waals surface area contributed by atoms with Crippen LogP contribution in [0.1, 0.15) is 11.9 Å². The zero-order valence-corrected chi connectivity index (χ0v) is 12.4. The molecule has 3 aromatic rings. The number of nitrogens with zero attached hydrogens (tertiary/aromatic N) is 2. The van der Waals surface area contributed by atoms with Gasteiger partial charge in [-0.15, -0.1) is 11.3 Å². The van der Waals surface area contributed by atoms with Crippen molar-refractivity contribution in [2.24, 2.45) is 0 Å². The van der Waals surface area contributed by atoms with E-state index >= 15 is 0 Å². The highest BCUT2D eigenvalue weighted by Crippen LogP contribution is 2.30. The molecule has 0 spiro atoms. The Labute approximate surface area is 121 Å². The van der Waals surface area contributed by atoms with Gasteiger partial charge >= 0.3 is 5.97 Å². The Balaban J connectivity index is 2.11. The molecule has 0 bridgehead atoms. The van der Waals surface area contributed by atoms with Gasteiger partial charge in [0.2, 0.25) is 0 Å². The van der Waals surface area contributed by atoms with Crippen molar-refractivity contribution in [1.82, 2.24) is 9.97 Å². The number of aromatic nitrogens is 2. The average molecular weight is 337 g/mol. The van der Waals surface area contributed by atoms with Crippen LogP contribution in [-0.4, -0.2) is 15.9 Å². The molecule has 2 aromatic heterocycles. The van der Waals surface area contributed by atoms with Crippen LogP contribution in [0.5, 0.6) is 0 Å². The standard InChI is InChI=1S/C13H9BrN2O2S/c1-7(17)18-6-12-16-11-5-15-10-4-8(14)2-3-9(10)13(11)19-12/h2-5H,6H2,1H3. The number of halogens is 1. The number of pyridine rings is 1. The zero-order valence-electron chi connectivity index (χ0n) is 10.0. The summed E-state index contributed by atoms with van der Waals surface area (Å²) in [7, 11) is 0. The highest BCUT2D eigenvalue weighted by molar-refractivity contribution is 9.10. The van der Waals surface area contributed by atoms with Crippen LogP contribution in [0.2, 0.25) is 0 Å². The number of fused-ring (bicyclic) bond motifs is 3. The van der Waals surface area contributed by atoms with Crippen molar-refractivity contribution in [1.29, 1.82) is 0 Å². The number of rotatable bonds is 2. The van der Waals surface area contributed by atoms with Crippen LogP contribution in [0.25, 0.3) is 21.1 Å². The molecule has 0 unspecified atom stereocenters. The fraction of sp³-hybridized carbons (Fsp3) is 0.154. The zero-order chi connectivity index (χ0) is 13.4. The predicted molar refractivity (Wildman–Crippen MR) is 78.1 cm³/mol. The monoisotopic (exact) mass is 336 g/mol. The molecule has 96 valence electrons. The second-order valence-electron chi connectivity index (χ2n) is 4.02. The smallest absolute Gasteiger partial charge is 0.303 e. The summed E-state index contributed by atoms with van der Waals surface area (Å²) in [6.07, 6.45) is 1.75. The SMILES string of the molecule is CC(=O)OCc1nc2cnc3cc(Br)ccc3c2s1. The lowest BCUT2D eigenvalue weighted by Gasteiger charge is -1.97. The molecule has 0 radical (unpaired) electrons. The lowest BCUT2D eigenvalue weighted by atomic mass is 10.2. The van der Waals surface area contributed by atoms with E-state index in [4.69, 9.17) is 4.74 Å². The first-order valence-electron chi connectivity index (χ1n) is 5.60. The van der Waals surface area contributed by atoms with E-state index in [9.17, 15) is 4.79 Å². The van der Waals surface area contributed by atoms with E-state index < -0.39 is 0 Å².